The second-order valence-corrected chi connectivity index (χ2v) is 4.89. The molecule has 0 amide bonds. The van der Waals surface area contributed by atoms with E-state index in [9.17, 15) is 4.79 Å². The zero-order valence-corrected chi connectivity index (χ0v) is 12.3. The first-order valence-corrected chi connectivity index (χ1v) is 6.72. The molecule has 4 heteroatoms. The highest BCUT2D eigenvalue weighted by Gasteiger charge is 2.08. The van der Waals surface area contributed by atoms with E-state index in [-0.39, 0.29) is 19.0 Å². The van der Waals surface area contributed by atoms with Crippen LogP contribution in [-0.4, -0.2) is 13.1 Å². The zero-order valence-electron chi connectivity index (χ0n) is 12.3. The lowest BCUT2D eigenvalue weighted by molar-refractivity contribution is -0.144. The van der Waals surface area contributed by atoms with Crippen molar-refractivity contribution in [1.82, 2.24) is 0 Å². The van der Waals surface area contributed by atoms with E-state index in [1.807, 2.05) is 37.3 Å². The van der Waals surface area contributed by atoms with Crippen LogP contribution >= 0.6 is 0 Å². The van der Waals surface area contributed by atoms with E-state index in [0.717, 1.165) is 22.4 Å². The second kappa shape index (κ2) is 6.79. The molecule has 2 aromatic carbocycles. The number of anilines is 1. The van der Waals surface area contributed by atoms with Crippen LogP contribution in [0.3, 0.4) is 0 Å². The van der Waals surface area contributed by atoms with Crippen LogP contribution in [0.4, 0.5) is 5.69 Å². The summed E-state index contributed by atoms with van der Waals surface area (Å²) in [6, 6.07) is 13.0. The van der Waals surface area contributed by atoms with E-state index in [4.69, 9.17) is 15.2 Å². The van der Waals surface area contributed by atoms with Crippen LogP contribution in [0.2, 0.25) is 0 Å². The molecule has 0 bridgehead atoms. The topological polar surface area (TPSA) is 61.5 Å². The van der Waals surface area contributed by atoms with Gasteiger partial charge in [0, 0.05) is 11.3 Å². The molecule has 0 saturated carbocycles. The zero-order chi connectivity index (χ0) is 15.2. The molecule has 4 nitrogen and oxygen atoms in total. The third-order valence-corrected chi connectivity index (χ3v) is 3.15. The molecule has 0 radical (unpaired) electrons. The first-order valence-electron chi connectivity index (χ1n) is 6.72. The van der Waals surface area contributed by atoms with Gasteiger partial charge in [-0.05, 0) is 36.8 Å². The first kappa shape index (κ1) is 14.9. The number of nitrogens with two attached hydrogens (primary N) is 1. The Bertz CT molecular complexity index is 620. The van der Waals surface area contributed by atoms with Crippen molar-refractivity contribution in [1.29, 1.82) is 0 Å². The fourth-order valence-corrected chi connectivity index (χ4v) is 2.03. The van der Waals surface area contributed by atoms with Gasteiger partial charge in [-0.25, -0.2) is 0 Å². The lowest BCUT2D eigenvalue weighted by Gasteiger charge is -2.10. The minimum absolute atomic E-state index is 0.207. The van der Waals surface area contributed by atoms with Crippen LogP contribution in [0, 0.1) is 6.92 Å². The fraction of sp³-hybridized carbons (Fsp3) is 0.235. The number of aryl methyl sites for hydroxylation is 1. The highest BCUT2D eigenvalue weighted by Crippen LogP contribution is 2.20. The van der Waals surface area contributed by atoms with E-state index in [2.05, 4.69) is 0 Å². The molecule has 2 N–H and O–H groups in total. The van der Waals surface area contributed by atoms with Gasteiger partial charge in [-0.15, -0.1) is 0 Å². The number of rotatable bonds is 5. The molecular formula is C17H19NO3. The Labute approximate surface area is 124 Å². The third-order valence-electron chi connectivity index (χ3n) is 3.15. The van der Waals surface area contributed by atoms with Gasteiger partial charge in [-0.1, -0.05) is 23.8 Å². The van der Waals surface area contributed by atoms with Crippen molar-refractivity contribution >= 4 is 11.7 Å². The molecule has 0 heterocycles. The normalized spacial score (nSPS) is 10.2. The standard InChI is InChI=1S/C17H19NO3/c1-12-3-8-16(20-2)14(9-12)11-21-17(19)10-13-4-6-15(18)7-5-13/h3-9H,10-11,18H2,1-2H3. The Morgan fingerprint density at radius 1 is 1.14 bits per heavy atom. The summed E-state index contributed by atoms with van der Waals surface area (Å²) in [6.45, 7) is 2.19. The summed E-state index contributed by atoms with van der Waals surface area (Å²) in [5, 5.41) is 0. The molecule has 110 valence electrons. The molecular weight excluding hydrogens is 266 g/mol. The van der Waals surface area contributed by atoms with E-state index < -0.39 is 0 Å². The van der Waals surface area contributed by atoms with Crippen LogP contribution in [0.1, 0.15) is 16.7 Å². The Morgan fingerprint density at radius 3 is 2.52 bits per heavy atom. The number of benzene rings is 2. The summed E-state index contributed by atoms with van der Waals surface area (Å²) < 4.78 is 10.6. The van der Waals surface area contributed by atoms with Gasteiger partial charge in [0.05, 0.1) is 13.5 Å². The van der Waals surface area contributed by atoms with Gasteiger partial charge in [0.2, 0.25) is 0 Å². The van der Waals surface area contributed by atoms with Crippen LogP contribution in [0.5, 0.6) is 5.75 Å². The van der Waals surface area contributed by atoms with Crippen molar-refractivity contribution in [2.24, 2.45) is 0 Å². The fourth-order valence-electron chi connectivity index (χ4n) is 2.03. The Kier molecular flexibility index (Phi) is 4.82. The molecule has 0 fully saturated rings. The second-order valence-electron chi connectivity index (χ2n) is 4.89. The van der Waals surface area contributed by atoms with Crippen LogP contribution < -0.4 is 10.5 Å². The Morgan fingerprint density at radius 2 is 1.86 bits per heavy atom. The SMILES string of the molecule is COc1ccc(C)cc1COC(=O)Cc1ccc(N)cc1. The summed E-state index contributed by atoms with van der Waals surface area (Å²) in [6.07, 6.45) is 0.231. The average Bonchev–Trinajstić information content (AvgIpc) is 2.48. The number of carbonyl (C=O) groups excluding carboxylic acids is 1. The molecule has 0 saturated heterocycles. The van der Waals surface area contributed by atoms with E-state index in [1.165, 1.54) is 0 Å². The van der Waals surface area contributed by atoms with Crippen LogP contribution in [-0.2, 0) is 22.6 Å². The van der Waals surface area contributed by atoms with Gasteiger partial charge >= 0.3 is 5.97 Å². The maximum Gasteiger partial charge on any atom is 0.310 e. The Hall–Kier alpha value is -2.49. The smallest absolute Gasteiger partial charge is 0.310 e. The summed E-state index contributed by atoms with van der Waals surface area (Å²) in [5.74, 6) is 0.448. The summed E-state index contributed by atoms with van der Waals surface area (Å²) in [7, 11) is 1.60. The quantitative estimate of drug-likeness (QED) is 0.678. The number of hydrogen-bond donors (Lipinski definition) is 1. The van der Waals surface area contributed by atoms with Crippen molar-refractivity contribution < 1.29 is 14.3 Å². The van der Waals surface area contributed by atoms with Gasteiger partial charge in [-0.2, -0.15) is 0 Å². The van der Waals surface area contributed by atoms with E-state index in [1.54, 1.807) is 19.2 Å². The number of hydrogen-bond acceptors (Lipinski definition) is 4. The van der Waals surface area contributed by atoms with Gasteiger partial charge in [-0.3, -0.25) is 4.79 Å². The van der Waals surface area contributed by atoms with Crippen LogP contribution in [0.25, 0.3) is 0 Å². The number of carbonyl (C=O) groups is 1. The van der Waals surface area contributed by atoms with Crippen molar-refractivity contribution in [2.75, 3.05) is 12.8 Å². The number of ether oxygens (including phenoxy) is 2. The van der Waals surface area contributed by atoms with Gasteiger partial charge in [0.1, 0.15) is 12.4 Å². The third kappa shape index (κ3) is 4.24. The highest BCUT2D eigenvalue weighted by molar-refractivity contribution is 5.72. The predicted molar refractivity (Wildman–Crippen MR) is 82.1 cm³/mol. The molecule has 21 heavy (non-hydrogen) atoms. The largest absolute Gasteiger partial charge is 0.496 e. The van der Waals surface area contributed by atoms with Crippen molar-refractivity contribution in [3.8, 4) is 5.75 Å². The van der Waals surface area contributed by atoms with E-state index >= 15 is 0 Å². The van der Waals surface area contributed by atoms with Crippen molar-refractivity contribution in [2.45, 2.75) is 20.0 Å². The summed E-state index contributed by atoms with van der Waals surface area (Å²) >= 11 is 0. The van der Waals surface area contributed by atoms with Gasteiger partial charge in [0.15, 0.2) is 0 Å². The minimum Gasteiger partial charge on any atom is -0.496 e. The van der Waals surface area contributed by atoms with Gasteiger partial charge < -0.3 is 15.2 Å². The van der Waals surface area contributed by atoms with Crippen molar-refractivity contribution in [3.63, 3.8) is 0 Å². The lowest BCUT2D eigenvalue weighted by Crippen LogP contribution is -2.08. The molecule has 0 aliphatic carbocycles. The maximum absolute atomic E-state index is 11.9. The number of nitrogen functional groups attached to an aromatic ring is 1. The molecule has 0 aromatic heterocycles. The van der Waals surface area contributed by atoms with Crippen molar-refractivity contribution in [3.05, 3.63) is 59.2 Å². The molecule has 0 spiro atoms. The molecule has 2 rings (SSSR count). The first-order chi connectivity index (χ1) is 10.1. The predicted octanol–water partition coefficient (Wildman–Crippen LogP) is 2.87. The molecule has 2 aromatic rings. The molecule has 0 atom stereocenters. The molecule has 0 aliphatic heterocycles. The highest BCUT2D eigenvalue weighted by atomic mass is 16.5. The average molecular weight is 285 g/mol. The lowest BCUT2D eigenvalue weighted by atomic mass is 10.1. The van der Waals surface area contributed by atoms with Gasteiger partial charge in [0.25, 0.3) is 0 Å². The molecule has 0 unspecified atom stereocenters. The number of methoxy groups -OCH3 is 1. The minimum atomic E-state index is -0.275. The Balaban J connectivity index is 1.95. The molecule has 0 aliphatic rings. The summed E-state index contributed by atoms with van der Waals surface area (Å²) in [5.41, 5.74) is 9.13. The number of esters is 1. The summed E-state index contributed by atoms with van der Waals surface area (Å²) in [4.78, 5) is 11.9. The van der Waals surface area contributed by atoms with Crippen LogP contribution in [0.15, 0.2) is 42.5 Å². The maximum atomic E-state index is 11.9. The monoisotopic (exact) mass is 285 g/mol. The van der Waals surface area contributed by atoms with E-state index in [0.29, 0.717) is 5.69 Å².